The van der Waals surface area contributed by atoms with Crippen molar-refractivity contribution in [2.24, 2.45) is 18.9 Å². The molecule has 4 atom stereocenters. The topological polar surface area (TPSA) is 68.6 Å². The molecule has 5 rings (SSSR count). The third-order valence-corrected chi connectivity index (χ3v) is 6.87. The van der Waals surface area contributed by atoms with E-state index < -0.39 is 0 Å². The van der Waals surface area contributed by atoms with Gasteiger partial charge in [-0.15, -0.1) is 0 Å². The Morgan fingerprint density at radius 2 is 2.28 bits per heavy atom. The van der Waals surface area contributed by atoms with Crippen LogP contribution >= 0.6 is 0 Å². The minimum absolute atomic E-state index is 0.0350. The normalized spacial score (nSPS) is 30.5. The molecule has 0 saturated carbocycles. The second-order valence-electron chi connectivity index (χ2n) is 8.63. The Balaban J connectivity index is 1.25. The van der Waals surface area contributed by atoms with Crippen molar-refractivity contribution in [3.63, 3.8) is 0 Å². The van der Waals surface area contributed by atoms with Crippen LogP contribution in [0.3, 0.4) is 0 Å². The number of carbonyl (C=O) groups is 1. The van der Waals surface area contributed by atoms with E-state index in [0.717, 1.165) is 32.5 Å². The van der Waals surface area contributed by atoms with E-state index in [9.17, 15) is 4.79 Å². The van der Waals surface area contributed by atoms with Gasteiger partial charge in [0.15, 0.2) is 0 Å². The number of rotatable bonds is 6. The number of nitrogens with zero attached hydrogens (tertiary/aromatic N) is 3. The molecule has 3 fully saturated rings. The van der Waals surface area contributed by atoms with Crippen molar-refractivity contribution in [1.82, 2.24) is 20.0 Å². The van der Waals surface area contributed by atoms with Gasteiger partial charge in [-0.05, 0) is 25.0 Å². The summed E-state index contributed by atoms with van der Waals surface area (Å²) in [6.07, 6.45) is 6.50. The minimum Gasteiger partial charge on any atom is -0.496 e. The highest BCUT2D eigenvalue weighted by Crippen LogP contribution is 2.54. The van der Waals surface area contributed by atoms with Crippen LogP contribution in [0.1, 0.15) is 28.8 Å². The molecule has 7 heteroatoms. The Labute approximate surface area is 171 Å². The number of amides is 1. The predicted octanol–water partition coefficient (Wildman–Crippen LogP) is 1.84. The van der Waals surface area contributed by atoms with Crippen LogP contribution < -0.4 is 10.1 Å². The average Bonchev–Trinajstić information content (AvgIpc) is 3.47. The molecule has 2 aromatic rings. The van der Waals surface area contributed by atoms with Crippen molar-refractivity contribution in [3.05, 3.63) is 47.8 Å². The molecular formula is C22H28N4O3. The summed E-state index contributed by atoms with van der Waals surface area (Å²) in [4.78, 5) is 15.2. The SMILES string of the molecule is COc1ccccc1C(=O)NC[C@H]1[C@H]2CN(Cc3cnn(C)c3)C[C@]23CC[C@H]1O3. The Morgan fingerprint density at radius 1 is 1.41 bits per heavy atom. The number of hydrogen-bond acceptors (Lipinski definition) is 5. The molecule has 4 heterocycles. The molecule has 1 aromatic heterocycles. The number of carbonyl (C=O) groups excluding carboxylic acids is 1. The summed E-state index contributed by atoms with van der Waals surface area (Å²) in [6, 6.07) is 7.36. The van der Waals surface area contributed by atoms with Crippen molar-refractivity contribution < 1.29 is 14.3 Å². The summed E-state index contributed by atoms with van der Waals surface area (Å²) in [5.41, 5.74) is 1.78. The fourth-order valence-electron chi connectivity index (χ4n) is 5.63. The molecule has 1 aromatic carbocycles. The first-order valence-corrected chi connectivity index (χ1v) is 10.4. The second kappa shape index (κ2) is 7.15. The number of likely N-dealkylation sites (tertiary alicyclic amines) is 1. The maximum Gasteiger partial charge on any atom is 0.255 e. The highest BCUT2D eigenvalue weighted by molar-refractivity contribution is 5.96. The standard InChI is InChI=1S/C22H28N4O3/c1-25-11-15(9-24-25)12-26-13-18-17(20-7-8-22(18,14-26)29-20)10-23-21(27)16-5-3-4-6-19(16)28-2/h3-6,9,11,17-18,20H,7-8,10,12-14H2,1-2H3,(H,23,27)/t17-,18+,20+,22+/m0/s1. The van der Waals surface area contributed by atoms with E-state index in [-0.39, 0.29) is 17.6 Å². The monoisotopic (exact) mass is 396 g/mol. The Hall–Kier alpha value is -2.38. The molecule has 1 spiro atoms. The van der Waals surface area contributed by atoms with Gasteiger partial charge < -0.3 is 14.8 Å². The molecule has 1 amide bonds. The van der Waals surface area contributed by atoms with E-state index >= 15 is 0 Å². The van der Waals surface area contributed by atoms with Gasteiger partial charge >= 0.3 is 0 Å². The van der Waals surface area contributed by atoms with Gasteiger partial charge in [-0.1, -0.05) is 12.1 Å². The van der Waals surface area contributed by atoms with Crippen LogP contribution in [-0.2, 0) is 18.3 Å². The number of ether oxygens (including phenoxy) is 2. The quantitative estimate of drug-likeness (QED) is 0.807. The van der Waals surface area contributed by atoms with Crippen molar-refractivity contribution >= 4 is 5.91 Å². The lowest BCUT2D eigenvalue weighted by atomic mass is 9.73. The van der Waals surface area contributed by atoms with Gasteiger partial charge in [-0.3, -0.25) is 14.4 Å². The van der Waals surface area contributed by atoms with Crippen LogP contribution in [0.5, 0.6) is 5.75 Å². The lowest BCUT2D eigenvalue weighted by Gasteiger charge is -2.29. The highest BCUT2D eigenvalue weighted by atomic mass is 16.5. The van der Waals surface area contributed by atoms with Crippen LogP contribution in [0.2, 0.25) is 0 Å². The highest BCUT2D eigenvalue weighted by Gasteiger charge is 2.62. The zero-order chi connectivity index (χ0) is 20.0. The van der Waals surface area contributed by atoms with Gasteiger partial charge in [0, 0.05) is 56.8 Å². The maximum atomic E-state index is 12.7. The largest absolute Gasteiger partial charge is 0.496 e. The molecule has 1 N–H and O–H groups in total. The number of fused-ring (bicyclic) bond motifs is 1. The van der Waals surface area contributed by atoms with Gasteiger partial charge in [0.05, 0.1) is 30.6 Å². The van der Waals surface area contributed by atoms with Crippen LogP contribution in [0.25, 0.3) is 0 Å². The van der Waals surface area contributed by atoms with Crippen molar-refractivity contribution in [2.45, 2.75) is 31.1 Å². The third kappa shape index (κ3) is 3.22. The average molecular weight is 396 g/mol. The zero-order valence-electron chi connectivity index (χ0n) is 17.0. The third-order valence-electron chi connectivity index (χ3n) is 6.87. The second-order valence-corrected chi connectivity index (χ2v) is 8.63. The van der Waals surface area contributed by atoms with E-state index in [1.54, 1.807) is 13.2 Å². The lowest BCUT2D eigenvalue weighted by molar-refractivity contribution is 0.00212. The number of aromatic nitrogens is 2. The molecule has 2 bridgehead atoms. The summed E-state index contributed by atoms with van der Waals surface area (Å²) in [7, 11) is 3.54. The molecule has 3 aliphatic heterocycles. The molecule has 29 heavy (non-hydrogen) atoms. The fourth-order valence-corrected chi connectivity index (χ4v) is 5.63. The van der Waals surface area contributed by atoms with Gasteiger partial charge in [-0.2, -0.15) is 5.10 Å². The van der Waals surface area contributed by atoms with E-state index in [0.29, 0.717) is 29.7 Å². The Kier molecular flexibility index (Phi) is 4.59. The van der Waals surface area contributed by atoms with Crippen LogP contribution in [-0.4, -0.2) is 59.0 Å². The molecule has 3 saturated heterocycles. The zero-order valence-corrected chi connectivity index (χ0v) is 17.0. The molecule has 154 valence electrons. The van der Waals surface area contributed by atoms with Crippen LogP contribution in [0, 0.1) is 11.8 Å². The van der Waals surface area contributed by atoms with Gasteiger partial charge in [0.25, 0.3) is 5.91 Å². The van der Waals surface area contributed by atoms with Gasteiger partial charge in [0.2, 0.25) is 0 Å². The summed E-state index contributed by atoms with van der Waals surface area (Å²) >= 11 is 0. The lowest BCUT2D eigenvalue weighted by Crippen LogP contribution is -2.42. The smallest absolute Gasteiger partial charge is 0.255 e. The number of benzene rings is 1. The van der Waals surface area contributed by atoms with E-state index in [1.165, 1.54) is 5.56 Å². The molecular weight excluding hydrogens is 368 g/mol. The summed E-state index contributed by atoms with van der Waals surface area (Å²) in [5.74, 6) is 1.36. The van der Waals surface area contributed by atoms with Crippen molar-refractivity contribution in [2.75, 3.05) is 26.7 Å². The number of methoxy groups -OCH3 is 1. The van der Waals surface area contributed by atoms with E-state index in [2.05, 4.69) is 21.5 Å². The van der Waals surface area contributed by atoms with Crippen molar-refractivity contribution in [1.29, 1.82) is 0 Å². The van der Waals surface area contributed by atoms with Crippen molar-refractivity contribution in [3.8, 4) is 5.75 Å². The summed E-state index contributed by atoms with van der Waals surface area (Å²) in [5, 5.41) is 7.43. The first-order chi connectivity index (χ1) is 14.1. The maximum absolute atomic E-state index is 12.7. The Morgan fingerprint density at radius 3 is 3.07 bits per heavy atom. The number of hydrogen-bond donors (Lipinski definition) is 1. The van der Waals surface area contributed by atoms with Crippen LogP contribution in [0.4, 0.5) is 0 Å². The molecule has 7 nitrogen and oxygen atoms in total. The number of nitrogens with one attached hydrogen (secondary N) is 1. The number of aryl methyl sites for hydroxylation is 1. The summed E-state index contributed by atoms with van der Waals surface area (Å²) < 4.78 is 13.7. The first-order valence-electron chi connectivity index (χ1n) is 10.4. The molecule has 0 unspecified atom stereocenters. The fraction of sp³-hybridized carbons (Fsp3) is 0.545. The minimum atomic E-state index is -0.0792. The molecule has 0 aliphatic carbocycles. The molecule has 3 aliphatic rings. The van der Waals surface area contributed by atoms with Crippen LogP contribution in [0.15, 0.2) is 36.7 Å². The predicted molar refractivity (Wildman–Crippen MR) is 108 cm³/mol. The van der Waals surface area contributed by atoms with Gasteiger partial charge in [-0.25, -0.2) is 0 Å². The molecule has 0 radical (unpaired) electrons. The summed E-state index contributed by atoms with van der Waals surface area (Å²) in [6.45, 7) is 3.54. The first kappa shape index (κ1) is 18.6. The Bertz CT molecular complexity index is 913. The van der Waals surface area contributed by atoms with E-state index in [4.69, 9.17) is 9.47 Å². The number of para-hydroxylation sites is 1. The van der Waals surface area contributed by atoms with E-state index in [1.807, 2.05) is 36.1 Å². The van der Waals surface area contributed by atoms with Gasteiger partial charge in [0.1, 0.15) is 5.75 Å².